The van der Waals surface area contributed by atoms with Gasteiger partial charge >= 0.3 is 0 Å². The lowest BCUT2D eigenvalue weighted by molar-refractivity contribution is 0.101. The van der Waals surface area contributed by atoms with Gasteiger partial charge in [0.25, 0.3) is 0 Å². The minimum Gasteiger partial charge on any atom is -0.494 e. The van der Waals surface area contributed by atoms with Crippen LogP contribution in [0.15, 0.2) is 48.5 Å². The van der Waals surface area contributed by atoms with E-state index in [1.165, 1.54) is 11.3 Å². The number of hydrogen-bond donors (Lipinski definition) is 0. The summed E-state index contributed by atoms with van der Waals surface area (Å²) in [4.78, 5) is 16.2. The first kappa shape index (κ1) is 17.5. The molecule has 0 spiro atoms. The van der Waals surface area contributed by atoms with Gasteiger partial charge in [0.05, 0.1) is 6.61 Å². The van der Waals surface area contributed by atoms with Crippen LogP contribution >= 0.6 is 0 Å². The number of Topliss-reactive ketones (excluding diaryl/α,β-unsaturated/α-hetero) is 1. The van der Waals surface area contributed by atoms with Crippen molar-refractivity contribution in [2.45, 2.75) is 20.4 Å². The molecule has 25 heavy (non-hydrogen) atoms. The lowest BCUT2D eigenvalue weighted by atomic mass is 10.1. The quantitative estimate of drug-likeness (QED) is 0.753. The fourth-order valence-electron chi connectivity index (χ4n) is 3.24. The summed E-state index contributed by atoms with van der Waals surface area (Å²) in [5.41, 5.74) is 3.22. The number of carbonyl (C=O) groups excluding carboxylic acids is 1. The third-order valence-electron chi connectivity index (χ3n) is 4.68. The Labute approximate surface area is 150 Å². The molecule has 1 aliphatic heterocycles. The van der Waals surface area contributed by atoms with Crippen molar-refractivity contribution in [2.24, 2.45) is 0 Å². The van der Waals surface area contributed by atoms with Crippen molar-refractivity contribution in [3.05, 3.63) is 59.7 Å². The van der Waals surface area contributed by atoms with Crippen LogP contribution in [0, 0.1) is 0 Å². The molecule has 1 fully saturated rings. The van der Waals surface area contributed by atoms with Gasteiger partial charge in [0.1, 0.15) is 5.75 Å². The van der Waals surface area contributed by atoms with Crippen LogP contribution in [-0.2, 0) is 6.54 Å². The number of anilines is 1. The Morgan fingerprint density at radius 2 is 1.68 bits per heavy atom. The third-order valence-corrected chi connectivity index (χ3v) is 4.68. The maximum absolute atomic E-state index is 11.4. The molecule has 4 nitrogen and oxygen atoms in total. The van der Waals surface area contributed by atoms with Crippen molar-refractivity contribution in [2.75, 3.05) is 37.7 Å². The Morgan fingerprint density at radius 1 is 1.00 bits per heavy atom. The Morgan fingerprint density at radius 3 is 2.32 bits per heavy atom. The van der Waals surface area contributed by atoms with E-state index in [1.54, 1.807) is 6.92 Å². The summed E-state index contributed by atoms with van der Waals surface area (Å²) in [7, 11) is 0. The first-order valence-electron chi connectivity index (χ1n) is 8.96. The second-order valence-corrected chi connectivity index (χ2v) is 6.41. The van der Waals surface area contributed by atoms with E-state index in [0.717, 1.165) is 44.0 Å². The van der Waals surface area contributed by atoms with Crippen LogP contribution in [0.2, 0.25) is 0 Å². The van der Waals surface area contributed by atoms with E-state index >= 15 is 0 Å². The number of carbonyl (C=O) groups is 1. The lowest BCUT2D eigenvalue weighted by Gasteiger charge is -2.36. The van der Waals surface area contributed by atoms with E-state index in [-0.39, 0.29) is 5.78 Å². The zero-order chi connectivity index (χ0) is 17.6. The largest absolute Gasteiger partial charge is 0.494 e. The van der Waals surface area contributed by atoms with Crippen molar-refractivity contribution in [1.29, 1.82) is 0 Å². The van der Waals surface area contributed by atoms with Crippen molar-refractivity contribution in [3.63, 3.8) is 0 Å². The van der Waals surface area contributed by atoms with Crippen LogP contribution in [0.5, 0.6) is 5.75 Å². The molecule has 0 aromatic heterocycles. The average molecular weight is 338 g/mol. The molecule has 0 unspecified atom stereocenters. The summed E-state index contributed by atoms with van der Waals surface area (Å²) in [6, 6.07) is 16.2. The van der Waals surface area contributed by atoms with E-state index in [1.807, 2.05) is 31.2 Å². The van der Waals surface area contributed by atoms with Crippen LogP contribution in [0.3, 0.4) is 0 Å². The van der Waals surface area contributed by atoms with Crippen LogP contribution < -0.4 is 9.64 Å². The maximum atomic E-state index is 11.4. The van der Waals surface area contributed by atoms with E-state index < -0.39 is 0 Å². The molecular weight excluding hydrogens is 312 g/mol. The molecule has 0 bridgehead atoms. The number of rotatable bonds is 6. The van der Waals surface area contributed by atoms with Crippen molar-refractivity contribution < 1.29 is 9.53 Å². The average Bonchev–Trinajstić information content (AvgIpc) is 2.64. The zero-order valence-electron chi connectivity index (χ0n) is 15.1. The third kappa shape index (κ3) is 4.40. The predicted octanol–water partition coefficient (Wildman–Crippen LogP) is 3.61. The molecule has 1 heterocycles. The van der Waals surface area contributed by atoms with Crippen molar-refractivity contribution >= 4 is 11.5 Å². The summed E-state index contributed by atoms with van der Waals surface area (Å²) in [6.07, 6.45) is 0. The number of para-hydroxylation sites is 1. The minimum atomic E-state index is 0.115. The van der Waals surface area contributed by atoms with Crippen LogP contribution in [0.4, 0.5) is 5.69 Å². The maximum Gasteiger partial charge on any atom is 0.159 e. The SMILES string of the molecule is CCOc1ccccc1CN1CCN(c2ccc(C(C)=O)cc2)CC1. The second-order valence-electron chi connectivity index (χ2n) is 6.41. The molecule has 0 atom stereocenters. The predicted molar refractivity (Wildman–Crippen MR) is 102 cm³/mol. The zero-order valence-corrected chi connectivity index (χ0v) is 15.1. The lowest BCUT2D eigenvalue weighted by Crippen LogP contribution is -2.46. The molecule has 0 N–H and O–H groups in total. The Kier molecular flexibility index (Phi) is 5.71. The number of ketones is 1. The molecule has 132 valence electrons. The van der Waals surface area contributed by atoms with E-state index in [0.29, 0.717) is 6.61 Å². The van der Waals surface area contributed by atoms with Crippen molar-refractivity contribution in [3.8, 4) is 5.75 Å². The number of piperazine rings is 1. The Hall–Kier alpha value is -2.33. The molecule has 0 aliphatic carbocycles. The van der Waals surface area contributed by atoms with E-state index in [4.69, 9.17) is 4.74 Å². The number of nitrogens with zero attached hydrogens (tertiary/aromatic N) is 2. The summed E-state index contributed by atoms with van der Waals surface area (Å²) < 4.78 is 5.73. The second kappa shape index (κ2) is 8.17. The fraction of sp³-hybridized carbons (Fsp3) is 0.381. The van der Waals surface area contributed by atoms with Crippen LogP contribution in [-0.4, -0.2) is 43.5 Å². The van der Waals surface area contributed by atoms with Gasteiger partial charge in [-0.2, -0.15) is 0 Å². The monoisotopic (exact) mass is 338 g/mol. The summed E-state index contributed by atoms with van der Waals surface area (Å²) in [5.74, 6) is 1.11. The van der Waals surface area contributed by atoms with Gasteiger partial charge in [0, 0.05) is 49.5 Å². The number of hydrogen-bond acceptors (Lipinski definition) is 4. The highest BCUT2D eigenvalue weighted by molar-refractivity contribution is 5.94. The molecule has 1 aliphatic rings. The molecule has 0 saturated carbocycles. The van der Waals surface area contributed by atoms with Crippen LogP contribution in [0.1, 0.15) is 29.8 Å². The number of benzene rings is 2. The minimum absolute atomic E-state index is 0.115. The van der Waals surface area contributed by atoms with E-state index in [9.17, 15) is 4.79 Å². The number of ether oxygens (including phenoxy) is 1. The van der Waals surface area contributed by atoms with Gasteiger partial charge in [-0.1, -0.05) is 18.2 Å². The smallest absolute Gasteiger partial charge is 0.159 e. The van der Waals surface area contributed by atoms with Gasteiger partial charge < -0.3 is 9.64 Å². The molecule has 3 rings (SSSR count). The Balaban J connectivity index is 1.58. The standard InChI is InChI=1S/C21H26N2O2/c1-3-25-21-7-5-4-6-19(21)16-22-12-14-23(15-13-22)20-10-8-18(9-11-20)17(2)24/h4-11H,3,12-16H2,1-2H3. The van der Waals surface area contributed by atoms with Crippen molar-refractivity contribution in [1.82, 2.24) is 4.90 Å². The normalized spacial score (nSPS) is 15.2. The first-order valence-corrected chi connectivity index (χ1v) is 8.96. The van der Waals surface area contributed by atoms with Gasteiger partial charge in [0.2, 0.25) is 0 Å². The van der Waals surface area contributed by atoms with Gasteiger partial charge in [-0.25, -0.2) is 0 Å². The van der Waals surface area contributed by atoms with Gasteiger partial charge in [-0.05, 0) is 44.2 Å². The van der Waals surface area contributed by atoms with Gasteiger partial charge in [-0.15, -0.1) is 0 Å². The summed E-state index contributed by atoms with van der Waals surface area (Å²) in [6.45, 7) is 9.28. The summed E-state index contributed by atoms with van der Waals surface area (Å²) >= 11 is 0. The molecule has 2 aromatic carbocycles. The fourth-order valence-corrected chi connectivity index (χ4v) is 3.24. The molecule has 0 radical (unpaired) electrons. The molecule has 2 aromatic rings. The molecule has 0 amide bonds. The van der Waals surface area contributed by atoms with Gasteiger partial charge in [0.15, 0.2) is 5.78 Å². The Bertz CT molecular complexity index is 704. The highest BCUT2D eigenvalue weighted by Gasteiger charge is 2.18. The highest BCUT2D eigenvalue weighted by atomic mass is 16.5. The topological polar surface area (TPSA) is 32.8 Å². The van der Waals surface area contributed by atoms with Crippen LogP contribution in [0.25, 0.3) is 0 Å². The van der Waals surface area contributed by atoms with Gasteiger partial charge in [-0.3, -0.25) is 9.69 Å². The summed E-state index contributed by atoms with van der Waals surface area (Å²) in [5, 5.41) is 0. The first-order chi connectivity index (χ1) is 12.2. The molecule has 4 heteroatoms. The molecule has 1 saturated heterocycles. The molecular formula is C21H26N2O2. The van der Waals surface area contributed by atoms with E-state index in [2.05, 4.69) is 34.1 Å². The highest BCUT2D eigenvalue weighted by Crippen LogP contribution is 2.22.